The lowest BCUT2D eigenvalue weighted by molar-refractivity contribution is -0.143. The van der Waals surface area contributed by atoms with E-state index in [-0.39, 0.29) is 18.5 Å². The standard InChI is InChI=1S/C70H133NO5/c1-3-5-7-9-11-13-15-17-19-20-21-22-23-24-25-26-28-31-35-38-42-46-50-54-58-62-68(73)67(66-72)71-69(74)63-59-55-51-47-43-39-36-32-29-27-30-33-37-41-45-49-53-57-61-65-76-70(75)64-60-56-52-48-44-40-34-18-16-14-12-10-8-6-4-2/h12,14,18,34,58,62,67-68,72-73H,3-11,13,15-17,19-33,35-57,59-61,63-66H2,1-2H3,(H,71,74)/b14-12-,34-18-,62-58+. The molecule has 0 aromatic heterocycles. The molecule has 2 atom stereocenters. The molecule has 0 rings (SSSR count). The average Bonchev–Trinajstić information content (AvgIpc) is 3.42. The molecule has 2 unspecified atom stereocenters. The van der Waals surface area contributed by atoms with Crippen molar-refractivity contribution in [2.24, 2.45) is 0 Å². The van der Waals surface area contributed by atoms with Gasteiger partial charge in [-0.1, -0.05) is 333 Å². The molecule has 0 aromatic rings. The molecule has 0 radical (unpaired) electrons. The fourth-order valence-electron chi connectivity index (χ4n) is 10.7. The lowest BCUT2D eigenvalue weighted by Gasteiger charge is -2.20. The molecule has 0 aliphatic rings. The summed E-state index contributed by atoms with van der Waals surface area (Å²) in [6.07, 6.45) is 83.5. The number of aliphatic hydroxyl groups excluding tert-OH is 2. The third-order valence-electron chi connectivity index (χ3n) is 15.9. The minimum atomic E-state index is -0.849. The van der Waals surface area contributed by atoms with Gasteiger partial charge in [0.2, 0.25) is 5.91 Å². The molecule has 3 N–H and O–H groups in total. The number of carbonyl (C=O) groups excluding carboxylic acids is 2. The third kappa shape index (κ3) is 61.3. The first-order chi connectivity index (χ1) is 37.5. The van der Waals surface area contributed by atoms with E-state index in [0.717, 1.165) is 51.4 Å². The van der Waals surface area contributed by atoms with Gasteiger partial charge in [0.25, 0.3) is 0 Å². The third-order valence-corrected chi connectivity index (χ3v) is 15.9. The summed E-state index contributed by atoms with van der Waals surface area (Å²) in [7, 11) is 0. The van der Waals surface area contributed by atoms with Gasteiger partial charge in [-0.25, -0.2) is 0 Å². The van der Waals surface area contributed by atoms with Gasteiger partial charge in [-0.05, 0) is 64.2 Å². The number of unbranched alkanes of at least 4 members (excludes halogenated alkanes) is 49. The fourth-order valence-corrected chi connectivity index (χ4v) is 10.7. The number of esters is 1. The first kappa shape index (κ1) is 74.1. The number of aliphatic hydroxyl groups is 2. The van der Waals surface area contributed by atoms with Crippen molar-refractivity contribution in [2.75, 3.05) is 13.2 Å². The number of rotatable bonds is 64. The largest absolute Gasteiger partial charge is 0.466 e. The molecule has 0 aromatic carbocycles. The minimum Gasteiger partial charge on any atom is -0.466 e. The van der Waals surface area contributed by atoms with E-state index in [1.165, 1.54) is 295 Å². The Bertz CT molecular complexity index is 1230. The molecule has 448 valence electrons. The van der Waals surface area contributed by atoms with Gasteiger partial charge < -0.3 is 20.3 Å². The van der Waals surface area contributed by atoms with E-state index in [2.05, 4.69) is 43.5 Å². The van der Waals surface area contributed by atoms with Crippen LogP contribution in [-0.4, -0.2) is 47.4 Å². The smallest absolute Gasteiger partial charge is 0.305 e. The number of carbonyl (C=O) groups is 2. The van der Waals surface area contributed by atoms with Gasteiger partial charge in [0.05, 0.1) is 25.4 Å². The van der Waals surface area contributed by atoms with Crippen molar-refractivity contribution in [3.05, 3.63) is 36.5 Å². The normalized spacial score (nSPS) is 12.7. The van der Waals surface area contributed by atoms with Crippen LogP contribution in [0.25, 0.3) is 0 Å². The van der Waals surface area contributed by atoms with Gasteiger partial charge in [0.15, 0.2) is 0 Å². The number of hydrogen-bond acceptors (Lipinski definition) is 5. The summed E-state index contributed by atoms with van der Waals surface area (Å²) in [5, 5.41) is 23.3. The maximum absolute atomic E-state index is 12.5. The monoisotopic (exact) mass is 1070 g/mol. The van der Waals surface area contributed by atoms with Crippen LogP contribution < -0.4 is 5.32 Å². The predicted octanol–water partition coefficient (Wildman–Crippen LogP) is 21.9. The van der Waals surface area contributed by atoms with E-state index in [4.69, 9.17) is 4.74 Å². The van der Waals surface area contributed by atoms with E-state index in [0.29, 0.717) is 19.4 Å². The van der Waals surface area contributed by atoms with Crippen LogP contribution in [0.2, 0.25) is 0 Å². The molecule has 0 fully saturated rings. The summed E-state index contributed by atoms with van der Waals surface area (Å²) in [5.41, 5.74) is 0. The van der Waals surface area contributed by atoms with E-state index in [1.54, 1.807) is 6.08 Å². The van der Waals surface area contributed by atoms with Crippen LogP contribution in [0.1, 0.15) is 373 Å². The van der Waals surface area contributed by atoms with Crippen molar-refractivity contribution in [2.45, 2.75) is 386 Å². The zero-order valence-electron chi connectivity index (χ0n) is 51.3. The molecular weight excluding hydrogens is 935 g/mol. The highest BCUT2D eigenvalue weighted by molar-refractivity contribution is 5.76. The highest BCUT2D eigenvalue weighted by atomic mass is 16.5. The number of amides is 1. The second kappa shape index (κ2) is 65.6. The molecule has 0 spiro atoms. The number of hydrogen-bond donors (Lipinski definition) is 3. The van der Waals surface area contributed by atoms with Crippen LogP contribution in [0.15, 0.2) is 36.5 Å². The molecule has 0 saturated heterocycles. The van der Waals surface area contributed by atoms with Crippen molar-refractivity contribution in [3.63, 3.8) is 0 Å². The number of allylic oxidation sites excluding steroid dienone is 5. The maximum atomic E-state index is 12.5. The topological polar surface area (TPSA) is 95.9 Å². The molecule has 6 heteroatoms. The Kier molecular flexibility index (Phi) is 63.9. The van der Waals surface area contributed by atoms with Gasteiger partial charge in [-0.3, -0.25) is 9.59 Å². The Morgan fingerprint density at radius 2 is 0.658 bits per heavy atom. The molecular formula is C70H133NO5. The first-order valence-electron chi connectivity index (χ1n) is 34.3. The minimum absolute atomic E-state index is 0.00508. The average molecular weight is 1070 g/mol. The van der Waals surface area contributed by atoms with Crippen LogP contribution >= 0.6 is 0 Å². The van der Waals surface area contributed by atoms with Gasteiger partial charge in [-0.15, -0.1) is 0 Å². The van der Waals surface area contributed by atoms with E-state index in [1.807, 2.05) is 6.08 Å². The van der Waals surface area contributed by atoms with Crippen LogP contribution in [0, 0.1) is 0 Å². The summed E-state index contributed by atoms with van der Waals surface area (Å²) in [6, 6.07) is -0.632. The summed E-state index contributed by atoms with van der Waals surface area (Å²) < 4.78 is 5.48. The van der Waals surface area contributed by atoms with Crippen LogP contribution in [0.3, 0.4) is 0 Å². The van der Waals surface area contributed by atoms with Gasteiger partial charge >= 0.3 is 5.97 Å². The maximum Gasteiger partial charge on any atom is 0.305 e. The van der Waals surface area contributed by atoms with Crippen molar-refractivity contribution in [3.8, 4) is 0 Å². The Morgan fingerprint density at radius 3 is 1.03 bits per heavy atom. The molecule has 0 saturated carbocycles. The molecule has 0 heterocycles. The summed E-state index contributed by atoms with van der Waals surface area (Å²) >= 11 is 0. The zero-order chi connectivity index (χ0) is 55.0. The summed E-state index contributed by atoms with van der Waals surface area (Å²) in [6.45, 7) is 4.90. The Labute approximate surface area is 474 Å². The van der Waals surface area contributed by atoms with Crippen LogP contribution in [0.5, 0.6) is 0 Å². The Balaban J connectivity index is 3.44. The second-order valence-corrected chi connectivity index (χ2v) is 23.5. The molecule has 0 aliphatic carbocycles. The van der Waals surface area contributed by atoms with Crippen LogP contribution in [0.4, 0.5) is 0 Å². The molecule has 76 heavy (non-hydrogen) atoms. The van der Waals surface area contributed by atoms with E-state index < -0.39 is 12.1 Å². The van der Waals surface area contributed by atoms with Crippen molar-refractivity contribution < 1.29 is 24.5 Å². The molecule has 6 nitrogen and oxygen atoms in total. The van der Waals surface area contributed by atoms with Gasteiger partial charge in [-0.2, -0.15) is 0 Å². The van der Waals surface area contributed by atoms with E-state index >= 15 is 0 Å². The number of nitrogens with one attached hydrogen (secondary N) is 1. The highest BCUT2D eigenvalue weighted by Gasteiger charge is 2.18. The van der Waals surface area contributed by atoms with E-state index in [9.17, 15) is 19.8 Å². The first-order valence-corrected chi connectivity index (χ1v) is 34.3. The lowest BCUT2D eigenvalue weighted by Crippen LogP contribution is -2.45. The van der Waals surface area contributed by atoms with Crippen molar-refractivity contribution in [1.82, 2.24) is 5.32 Å². The second-order valence-electron chi connectivity index (χ2n) is 23.5. The SMILES string of the molecule is CCCCC/C=C\C/C=C\CCCCCCCC(=O)OCCCCCCCCCCCCCCCCCCCCCC(=O)NC(CO)C(O)/C=C/CCCCCCCCCCCCCCCCCCCCCCCCC. The molecule has 1 amide bonds. The molecule has 0 bridgehead atoms. The van der Waals surface area contributed by atoms with Crippen molar-refractivity contribution >= 4 is 11.9 Å². The Hall–Kier alpha value is -1.92. The van der Waals surface area contributed by atoms with Gasteiger partial charge in [0, 0.05) is 12.8 Å². The van der Waals surface area contributed by atoms with Crippen LogP contribution in [-0.2, 0) is 14.3 Å². The lowest BCUT2D eigenvalue weighted by atomic mass is 10.0. The zero-order valence-corrected chi connectivity index (χ0v) is 51.3. The van der Waals surface area contributed by atoms with Crippen molar-refractivity contribution in [1.29, 1.82) is 0 Å². The fraction of sp³-hybridized carbons (Fsp3) is 0.886. The summed E-state index contributed by atoms with van der Waals surface area (Å²) in [5.74, 6) is -0.0724. The number of ether oxygens (including phenoxy) is 1. The van der Waals surface area contributed by atoms with Gasteiger partial charge in [0.1, 0.15) is 0 Å². The quantitative estimate of drug-likeness (QED) is 0.0320. The summed E-state index contributed by atoms with van der Waals surface area (Å²) in [4.78, 5) is 24.6. The molecule has 0 aliphatic heterocycles. The highest BCUT2D eigenvalue weighted by Crippen LogP contribution is 2.18. The Morgan fingerprint density at radius 1 is 0.368 bits per heavy atom. The predicted molar refractivity (Wildman–Crippen MR) is 333 cm³/mol.